The molecule has 0 unspecified atom stereocenters. The van der Waals surface area contributed by atoms with Crippen LogP contribution in [0.1, 0.15) is 34.2 Å². The molecule has 0 heterocycles. The van der Waals surface area contributed by atoms with Gasteiger partial charge in [-0.25, -0.2) is 4.79 Å². The van der Waals surface area contributed by atoms with Crippen LogP contribution in [0.25, 0.3) is 0 Å². The van der Waals surface area contributed by atoms with Gasteiger partial charge in [-0.3, -0.25) is 0 Å². The molecule has 190 valence electrons. The average molecular weight is 519 g/mol. The first-order chi connectivity index (χ1) is 17.2. The van der Waals surface area contributed by atoms with Gasteiger partial charge in [0.1, 0.15) is 12.4 Å². The lowest BCUT2D eigenvalue weighted by atomic mass is 10.1. The predicted octanol–water partition coefficient (Wildman–Crippen LogP) is 6.54. The minimum atomic E-state index is -4.37. The van der Waals surface area contributed by atoms with Crippen molar-refractivity contribution in [2.75, 3.05) is 13.7 Å². The number of fused-ring (bicyclic) bond motifs is 1. The largest absolute Gasteiger partial charge is 0.493 e. The minimum Gasteiger partial charge on any atom is -0.493 e. The van der Waals surface area contributed by atoms with Crippen LogP contribution in [0.4, 0.5) is 13.2 Å². The highest BCUT2D eigenvalue weighted by atomic mass is 32.2. The maximum atomic E-state index is 12.8. The third-order valence-corrected chi connectivity index (χ3v) is 7.02. The van der Waals surface area contributed by atoms with E-state index in [1.54, 1.807) is 11.8 Å². The Balaban J connectivity index is 1.43. The molecule has 0 amide bonds. The fourth-order valence-corrected chi connectivity index (χ4v) is 5.15. The molecule has 0 saturated heterocycles. The maximum Gasteiger partial charge on any atom is 0.416 e. The zero-order chi connectivity index (χ0) is 25.7. The number of methoxy groups -OCH3 is 1. The van der Waals surface area contributed by atoms with Crippen LogP contribution < -0.4 is 14.2 Å². The summed E-state index contributed by atoms with van der Waals surface area (Å²) in [5.41, 5.74) is 3.20. The Labute approximate surface area is 211 Å². The lowest BCUT2D eigenvalue weighted by Crippen LogP contribution is -2.10. The number of thioether (sulfide) groups is 1. The van der Waals surface area contributed by atoms with Crippen molar-refractivity contribution in [1.82, 2.24) is 0 Å². The number of hydrogen-bond donors (Lipinski definition) is 1. The van der Waals surface area contributed by atoms with Gasteiger partial charge in [-0.1, -0.05) is 18.2 Å². The fraction of sp³-hybridized carbons (Fsp3) is 0.296. The van der Waals surface area contributed by atoms with Crippen LogP contribution in [0.3, 0.4) is 0 Å². The summed E-state index contributed by atoms with van der Waals surface area (Å²) < 4.78 is 55.1. The second-order valence-corrected chi connectivity index (χ2v) is 9.33. The number of carboxylic acids is 1. The molecule has 36 heavy (non-hydrogen) atoms. The predicted molar refractivity (Wildman–Crippen MR) is 130 cm³/mol. The lowest BCUT2D eigenvalue weighted by molar-refractivity contribution is -0.139. The minimum absolute atomic E-state index is 0.108. The van der Waals surface area contributed by atoms with Crippen molar-refractivity contribution in [1.29, 1.82) is 0 Å². The van der Waals surface area contributed by atoms with Gasteiger partial charge >= 0.3 is 12.1 Å². The molecule has 0 radical (unpaired) electrons. The van der Waals surface area contributed by atoms with Gasteiger partial charge in [0.2, 0.25) is 0 Å². The molecule has 0 spiro atoms. The third kappa shape index (κ3) is 6.26. The molecule has 9 heteroatoms. The van der Waals surface area contributed by atoms with Crippen molar-refractivity contribution in [3.05, 3.63) is 82.4 Å². The number of hydrogen-bond acceptors (Lipinski definition) is 5. The summed E-state index contributed by atoms with van der Waals surface area (Å²) in [6.45, 7) is -0.254. The quantitative estimate of drug-likeness (QED) is 0.308. The Morgan fingerprint density at radius 1 is 0.917 bits per heavy atom. The van der Waals surface area contributed by atoms with E-state index in [1.165, 1.54) is 24.8 Å². The number of aliphatic carboxylic acids is 1. The van der Waals surface area contributed by atoms with Gasteiger partial charge in [0.15, 0.2) is 18.1 Å². The molecule has 0 saturated carbocycles. The third-order valence-electron chi connectivity index (χ3n) is 5.85. The average Bonchev–Trinajstić information content (AvgIpc) is 3.35. The molecule has 4 rings (SSSR count). The van der Waals surface area contributed by atoms with Crippen LogP contribution in [0, 0.1) is 0 Å². The van der Waals surface area contributed by atoms with Crippen molar-refractivity contribution >= 4 is 17.7 Å². The number of ether oxygens (including phenoxy) is 3. The molecule has 3 aromatic carbocycles. The van der Waals surface area contributed by atoms with E-state index in [9.17, 15) is 18.0 Å². The van der Waals surface area contributed by atoms with Gasteiger partial charge in [0.05, 0.1) is 12.7 Å². The Morgan fingerprint density at radius 2 is 1.61 bits per heavy atom. The van der Waals surface area contributed by atoms with E-state index >= 15 is 0 Å². The van der Waals surface area contributed by atoms with Crippen molar-refractivity contribution < 1.29 is 37.3 Å². The standard InChI is InChI=1S/C27H25F3O5S/c1-33-23-10-7-18(13-24(23)34-14-17-5-8-19(9-6-17)27(28,29)30)16-36-25-12-11-22(35-15-26(31)32)20-3-2-4-21(20)25/h5-13H,2-4,14-16H2,1H3,(H,31,32). The molecule has 1 aliphatic carbocycles. The topological polar surface area (TPSA) is 65.0 Å². The summed E-state index contributed by atoms with van der Waals surface area (Å²) in [6.07, 6.45) is -1.59. The Morgan fingerprint density at radius 3 is 2.31 bits per heavy atom. The van der Waals surface area contributed by atoms with Gasteiger partial charge in [-0.05, 0) is 77.9 Å². The summed E-state index contributed by atoms with van der Waals surface area (Å²) >= 11 is 1.68. The lowest BCUT2D eigenvalue weighted by Gasteiger charge is -2.15. The molecule has 3 aromatic rings. The van der Waals surface area contributed by atoms with Crippen molar-refractivity contribution in [2.45, 2.75) is 42.7 Å². The first-order valence-corrected chi connectivity index (χ1v) is 12.3. The molecule has 0 fully saturated rings. The number of carbonyl (C=O) groups is 1. The smallest absolute Gasteiger partial charge is 0.416 e. The molecule has 1 aliphatic rings. The van der Waals surface area contributed by atoms with Crippen LogP contribution in [0.2, 0.25) is 0 Å². The van der Waals surface area contributed by atoms with Crippen molar-refractivity contribution in [2.24, 2.45) is 0 Å². The van der Waals surface area contributed by atoms with Crippen molar-refractivity contribution in [3.8, 4) is 17.2 Å². The highest BCUT2D eigenvalue weighted by Crippen LogP contribution is 2.39. The van der Waals surface area contributed by atoms with E-state index < -0.39 is 17.7 Å². The normalized spacial score (nSPS) is 12.8. The van der Waals surface area contributed by atoms with Crippen LogP contribution in [-0.4, -0.2) is 24.8 Å². The number of alkyl halides is 3. The monoisotopic (exact) mass is 518 g/mol. The SMILES string of the molecule is COc1ccc(CSc2ccc(OCC(=O)O)c3c2CCC3)cc1OCc1ccc(C(F)(F)F)cc1. The Kier molecular flexibility index (Phi) is 7.98. The van der Waals surface area contributed by atoms with Gasteiger partial charge in [0, 0.05) is 10.6 Å². The first-order valence-electron chi connectivity index (χ1n) is 11.3. The second kappa shape index (κ2) is 11.2. The molecular formula is C27H25F3O5S. The molecule has 0 bridgehead atoms. The fourth-order valence-electron chi connectivity index (χ4n) is 4.09. The van der Waals surface area contributed by atoms with Gasteiger partial charge in [-0.2, -0.15) is 13.2 Å². The van der Waals surface area contributed by atoms with Crippen molar-refractivity contribution in [3.63, 3.8) is 0 Å². The zero-order valence-corrected chi connectivity index (χ0v) is 20.4. The number of carboxylic acid groups (broad SMARTS) is 1. The number of benzene rings is 3. The van der Waals surface area contributed by atoms with Crippen LogP contribution in [0.15, 0.2) is 59.5 Å². The molecule has 0 atom stereocenters. The van der Waals surface area contributed by atoms with E-state index in [2.05, 4.69) is 0 Å². The second-order valence-electron chi connectivity index (χ2n) is 8.31. The highest BCUT2D eigenvalue weighted by molar-refractivity contribution is 7.98. The van der Waals surface area contributed by atoms with Crippen LogP contribution in [-0.2, 0) is 36.2 Å². The highest BCUT2D eigenvalue weighted by Gasteiger charge is 2.30. The number of halogens is 3. The summed E-state index contributed by atoms with van der Waals surface area (Å²) in [5, 5.41) is 8.90. The summed E-state index contributed by atoms with van der Waals surface area (Å²) in [5.74, 6) is 1.35. The zero-order valence-electron chi connectivity index (χ0n) is 19.6. The van der Waals surface area contributed by atoms with E-state index in [1.807, 2.05) is 30.3 Å². The van der Waals surface area contributed by atoms with E-state index in [4.69, 9.17) is 19.3 Å². The first kappa shape index (κ1) is 25.8. The summed E-state index contributed by atoms with van der Waals surface area (Å²) in [6, 6.07) is 14.3. The summed E-state index contributed by atoms with van der Waals surface area (Å²) in [7, 11) is 1.53. The molecule has 5 nitrogen and oxygen atoms in total. The Hall–Kier alpha value is -3.33. The van der Waals surface area contributed by atoms with E-state index in [-0.39, 0.29) is 13.2 Å². The van der Waals surface area contributed by atoms with E-state index in [0.29, 0.717) is 28.6 Å². The molecule has 1 N–H and O–H groups in total. The molecule has 0 aromatic heterocycles. The summed E-state index contributed by atoms with van der Waals surface area (Å²) in [4.78, 5) is 12.0. The van der Waals surface area contributed by atoms with E-state index in [0.717, 1.165) is 47.4 Å². The Bertz CT molecular complexity index is 1230. The van der Waals surface area contributed by atoms with Crippen LogP contribution in [0.5, 0.6) is 17.2 Å². The molecule has 0 aliphatic heterocycles. The van der Waals surface area contributed by atoms with Gasteiger partial charge in [-0.15, -0.1) is 11.8 Å². The van der Waals surface area contributed by atoms with Crippen LogP contribution >= 0.6 is 11.8 Å². The molecular weight excluding hydrogens is 493 g/mol. The maximum absolute atomic E-state index is 12.8. The van der Waals surface area contributed by atoms with Gasteiger partial charge in [0.25, 0.3) is 0 Å². The van der Waals surface area contributed by atoms with Gasteiger partial charge < -0.3 is 19.3 Å². The number of rotatable bonds is 10.